The number of nitrogens with zero attached hydrogens (tertiary/aromatic N) is 6. The average molecular weight is 1240 g/mol. The van der Waals surface area contributed by atoms with E-state index in [2.05, 4.69) is 119 Å². The summed E-state index contributed by atoms with van der Waals surface area (Å²) < 4.78 is 25.7. The number of aliphatic hydroxyl groups is 6. The Labute approximate surface area is 493 Å². The predicted molar refractivity (Wildman–Crippen MR) is 320 cm³/mol. The number of phosphoric acid groups is 3. The lowest BCUT2D eigenvalue weighted by Gasteiger charge is -2.73. The van der Waals surface area contributed by atoms with Crippen molar-refractivity contribution < 1.29 is 102 Å². The monoisotopic (exact) mass is 1240 g/mol. The topological polar surface area (TPSA) is 373 Å². The largest absolute Gasteiger partial charge is 0.790 e. The maximum atomic E-state index is 14.0. The molecule has 24 nitrogen and oxygen atoms in total. The Morgan fingerprint density at radius 2 is 0.519 bits per heavy atom. The molecule has 6 atom stereocenters. The highest BCUT2D eigenvalue weighted by Crippen LogP contribution is 2.60. The first-order valence-electron chi connectivity index (χ1n) is 29.3. The zero-order valence-corrected chi connectivity index (χ0v) is 58.9. The van der Waals surface area contributed by atoms with Gasteiger partial charge >= 0.3 is 25.0 Å². The number of rotatable bonds is 21. The van der Waals surface area contributed by atoms with Gasteiger partial charge in [-0.15, -0.1) is 0 Å². The van der Waals surface area contributed by atoms with Crippen LogP contribution in [0.4, 0.5) is 0 Å². The summed E-state index contributed by atoms with van der Waals surface area (Å²) in [6.07, 6.45) is -5.83. The van der Waals surface area contributed by atoms with Crippen LogP contribution in [0, 0.1) is 0 Å². The van der Waals surface area contributed by atoms with Crippen LogP contribution in [-0.2, 0) is 13.7 Å². The fraction of sp³-hybridized carbons (Fsp3) is 1.00. The van der Waals surface area contributed by atoms with Gasteiger partial charge in [-0.25, -0.2) is 4.57 Å². The summed E-state index contributed by atoms with van der Waals surface area (Å²) in [6.45, 7) is 66.9. The molecule has 1 saturated carbocycles. The summed E-state index contributed by atoms with van der Waals surface area (Å²) in [7, 11) is -14.7. The molecule has 2 unspecified atom stereocenters. The van der Waals surface area contributed by atoms with Gasteiger partial charge in [-0.3, -0.25) is 32.7 Å². The van der Waals surface area contributed by atoms with E-state index in [4.69, 9.17) is 57.7 Å². The van der Waals surface area contributed by atoms with Crippen LogP contribution in [0.5, 0.6) is 0 Å². The molecule has 0 radical (unpaired) electrons. The molecule has 1 aliphatic carbocycles. The third kappa shape index (κ3) is 24.7. The third-order valence-corrected chi connectivity index (χ3v) is 16.5. The van der Waals surface area contributed by atoms with Crippen molar-refractivity contribution in [3.63, 3.8) is 0 Å². The molecule has 1 aliphatic rings. The van der Waals surface area contributed by atoms with Crippen molar-refractivity contribution in [1.29, 1.82) is 0 Å². The molecule has 0 aromatic rings. The lowest BCUT2D eigenvalue weighted by atomic mass is 9.63. The molecule has 81 heavy (non-hydrogen) atoms. The highest BCUT2D eigenvalue weighted by atomic mass is 31.2. The Bertz CT molecular complexity index is 1580. The van der Waals surface area contributed by atoms with E-state index in [1.54, 1.807) is 0 Å². The maximum absolute atomic E-state index is 14.0. The second kappa shape index (κ2) is 38.3. The molecule has 0 spiro atoms. The van der Waals surface area contributed by atoms with Crippen LogP contribution in [0.25, 0.3) is 0 Å². The molecule has 0 amide bonds. The van der Waals surface area contributed by atoms with Crippen molar-refractivity contribution in [3.8, 4) is 0 Å². The van der Waals surface area contributed by atoms with Gasteiger partial charge in [0.15, 0.2) is 12.2 Å². The van der Waals surface area contributed by atoms with E-state index in [-0.39, 0.29) is 49.7 Å². The summed E-state index contributed by atoms with van der Waals surface area (Å²) in [5.74, 6) is 0. The number of likely N-dealkylation sites (N-methyl/N-ethyl adjacent to an activating group) is 3. The van der Waals surface area contributed by atoms with Gasteiger partial charge in [-0.05, 0) is 207 Å². The lowest BCUT2D eigenvalue weighted by molar-refractivity contribution is -1.17. The summed E-state index contributed by atoms with van der Waals surface area (Å²) in [6, 6.07) is 2.15. The van der Waals surface area contributed by atoms with Gasteiger partial charge in [0.2, 0.25) is 0 Å². The number of hydrogen-bond acceptors (Lipinski definition) is 15. The molecule has 498 valence electrons. The minimum atomic E-state index is -5.14. The average Bonchev–Trinajstić information content (AvgIpc) is 3.24. The van der Waals surface area contributed by atoms with Crippen molar-refractivity contribution in [1.82, 2.24) is 14.7 Å². The number of hydrogen-bond donors (Lipinski definition) is 12. The first-order valence-corrected chi connectivity index (χ1v) is 33.8. The van der Waals surface area contributed by atoms with Crippen molar-refractivity contribution in [2.75, 3.05) is 39.3 Å². The molecule has 0 heterocycles. The SMILES string of the molecule is CCN(C(C)C)C(C)C.CCN(C(C)C)C(C)C.CCN(C(C)C)C(C)C.CC[N+](C(C)C)(C(C)C)C1(O)[C@](O)([N+](CC)(C(C)C)C(C)C)[C@H](O)C(O)[C@H](O)[C@@]1(O)[N+](CC)(C(C)C)C(C)C.O=P(O)(O)O.O=P([O-])(O)O.O=P([O-])([O-])O. The van der Waals surface area contributed by atoms with Gasteiger partial charge in [-0.1, -0.05) is 20.8 Å². The van der Waals surface area contributed by atoms with Crippen molar-refractivity contribution >= 4 is 23.5 Å². The first kappa shape index (κ1) is 92.0. The summed E-state index contributed by atoms with van der Waals surface area (Å²) in [5.41, 5.74) is -7.54. The van der Waals surface area contributed by atoms with Crippen LogP contribution in [-0.4, -0.2) is 235 Å². The molecule has 1 fully saturated rings. The Hall–Kier alpha value is -0.150. The normalized spacial score (nSPS) is 22.3. The molecular weight excluding hydrogens is 1110 g/mol. The van der Waals surface area contributed by atoms with Gasteiger partial charge in [0, 0.05) is 36.3 Å². The van der Waals surface area contributed by atoms with Gasteiger partial charge in [0.05, 0.1) is 63.7 Å². The summed E-state index contributed by atoms with van der Waals surface area (Å²) in [5, 5.41) is 76.8. The van der Waals surface area contributed by atoms with E-state index in [0.29, 0.717) is 55.9 Å². The number of quaternary nitrogens is 3. The van der Waals surface area contributed by atoms with Crippen LogP contribution in [0.1, 0.15) is 208 Å². The van der Waals surface area contributed by atoms with E-state index < -0.39 is 59.0 Å². The van der Waals surface area contributed by atoms with E-state index in [0.717, 1.165) is 19.6 Å². The standard InChI is InChI=1S/C30H66N3O6.3C8H19N.3H3O4P/c1-16-31(19(4)5,20(6)7)28(37)26(35)25(34)27(36)29(38,32(17-2,21(8)9)22(10)11)30(28,39)33(18-3,23(12)13)24(14)15;3*1-6-9(7(2)3)8(4)5;3*1-5(2,3)4/h19-27,34-39H,16-18H2,1-15H3;3*7-8H,6H2,1-5H3;3*(H3,1,2,3,4)/q+3;;;;;;/p-3/t25?,26-,27+,28-,29-,30?;;;;;;/m0....../s1. The van der Waals surface area contributed by atoms with Gasteiger partial charge in [-0.2, -0.15) is 0 Å². The van der Waals surface area contributed by atoms with Crippen LogP contribution in [0.2, 0.25) is 0 Å². The lowest BCUT2D eigenvalue weighted by Crippen LogP contribution is -3.03. The van der Waals surface area contributed by atoms with E-state index in [1.165, 1.54) is 0 Å². The molecule has 1 rings (SSSR count). The van der Waals surface area contributed by atoms with Gasteiger partial charge < -0.3 is 79.2 Å². The molecular formula is C54H129N6O18P3. The Balaban J connectivity index is -0.000000266. The van der Waals surface area contributed by atoms with Crippen LogP contribution in [0.15, 0.2) is 0 Å². The third-order valence-electron chi connectivity index (χ3n) is 16.5. The summed E-state index contributed by atoms with van der Waals surface area (Å²) in [4.78, 5) is 76.1. The minimum Gasteiger partial charge on any atom is -0.790 e. The molecule has 0 aromatic carbocycles. The van der Waals surface area contributed by atoms with Crippen molar-refractivity contribution in [2.24, 2.45) is 0 Å². The quantitative estimate of drug-likeness (QED) is 0.0442. The van der Waals surface area contributed by atoms with Gasteiger partial charge in [0.1, 0.15) is 6.10 Å². The molecule has 0 aromatic heterocycles. The second-order valence-corrected chi connectivity index (χ2v) is 27.3. The van der Waals surface area contributed by atoms with Crippen molar-refractivity contribution in [2.45, 2.75) is 316 Å². The fourth-order valence-electron chi connectivity index (χ4n) is 14.0. The Morgan fingerprint density at radius 3 is 0.593 bits per heavy atom. The van der Waals surface area contributed by atoms with E-state index >= 15 is 0 Å². The second-order valence-electron chi connectivity index (χ2n) is 24.3. The van der Waals surface area contributed by atoms with Crippen LogP contribution in [0.3, 0.4) is 0 Å². The maximum Gasteiger partial charge on any atom is 0.466 e. The molecule has 0 bridgehead atoms. The zero-order valence-electron chi connectivity index (χ0n) is 56.2. The molecule has 0 aliphatic heterocycles. The van der Waals surface area contributed by atoms with Crippen LogP contribution < -0.4 is 14.7 Å². The number of aliphatic hydroxyl groups excluding tert-OH is 3. The van der Waals surface area contributed by atoms with E-state index in [1.807, 2.05) is 104 Å². The fourth-order valence-corrected chi connectivity index (χ4v) is 14.0. The van der Waals surface area contributed by atoms with Crippen LogP contribution >= 0.6 is 23.5 Å². The Kier molecular flexibility index (Phi) is 43.5. The molecule has 0 saturated heterocycles. The first-order chi connectivity index (χ1) is 35.8. The smallest absolute Gasteiger partial charge is 0.466 e. The van der Waals surface area contributed by atoms with E-state index in [9.17, 15) is 30.6 Å². The Morgan fingerprint density at radius 1 is 0.383 bits per heavy atom. The molecule has 27 heteroatoms. The molecule has 12 N–H and O–H groups in total. The predicted octanol–water partition coefficient (Wildman–Crippen LogP) is 3.80. The van der Waals surface area contributed by atoms with Crippen molar-refractivity contribution in [3.05, 3.63) is 0 Å². The van der Waals surface area contributed by atoms with Gasteiger partial charge in [0.25, 0.3) is 7.82 Å². The summed E-state index contributed by atoms with van der Waals surface area (Å²) >= 11 is 0. The zero-order chi connectivity index (χ0) is 67.1. The highest BCUT2D eigenvalue weighted by Gasteiger charge is 2.95. The minimum absolute atomic E-state index is 0.198. The highest BCUT2D eigenvalue weighted by molar-refractivity contribution is 7.45.